The second-order valence-corrected chi connectivity index (χ2v) is 5.20. The van der Waals surface area contributed by atoms with Gasteiger partial charge in [0.05, 0.1) is 11.4 Å². The van der Waals surface area contributed by atoms with Gasteiger partial charge < -0.3 is 9.88 Å². The zero-order valence-electron chi connectivity index (χ0n) is 11.2. The fourth-order valence-corrected chi connectivity index (χ4v) is 3.13. The summed E-state index contributed by atoms with van der Waals surface area (Å²) >= 11 is 0. The van der Waals surface area contributed by atoms with Crippen LogP contribution in [0.5, 0.6) is 0 Å². The summed E-state index contributed by atoms with van der Waals surface area (Å²) in [6.07, 6.45) is 5.96. The summed E-state index contributed by atoms with van der Waals surface area (Å²) in [7, 11) is 0. The molecule has 4 heteroatoms. The molecular weight excluding hydrogens is 248 g/mol. The third-order valence-electron chi connectivity index (χ3n) is 4.04. The van der Waals surface area contributed by atoms with E-state index in [-0.39, 0.29) is 0 Å². The van der Waals surface area contributed by atoms with Crippen LogP contribution in [0, 0.1) is 0 Å². The van der Waals surface area contributed by atoms with Crippen LogP contribution in [-0.4, -0.2) is 21.5 Å². The lowest BCUT2D eigenvalue weighted by molar-refractivity contribution is 0.713. The van der Waals surface area contributed by atoms with Crippen molar-refractivity contribution in [2.24, 2.45) is 0 Å². The fourth-order valence-electron chi connectivity index (χ4n) is 3.13. The molecule has 2 aromatic heterocycles. The standard InChI is InChI=1S/C16H16N4/c1-2-5-12(6-3-1)14-7-4-10-20(14)16-13-8-9-17-15(13)18-11-19-16/h1-3,5-6,8-9,11,14H,4,7,10H2,(H,17,18,19). The lowest BCUT2D eigenvalue weighted by Crippen LogP contribution is -2.23. The third kappa shape index (κ3) is 1.76. The van der Waals surface area contributed by atoms with Gasteiger partial charge in [-0.1, -0.05) is 30.3 Å². The average Bonchev–Trinajstić information content (AvgIpc) is 3.16. The summed E-state index contributed by atoms with van der Waals surface area (Å²) in [6.45, 7) is 1.05. The second kappa shape index (κ2) is 4.63. The number of aromatic amines is 1. The van der Waals surface area contributed by atoms with Crippen LogP contribution in [0.4, 0.5) is 5.82 Å². The van der Waals surface area contributed by atoms with Crippen molar-refractivity contribution in [3.63, 3.8) is 0 Å². The van der Waals surface area contributed by atoms with Gasteiger partial charge in [-0.25, -0.2) is 9.97 Å². The Hall–Kier alpha value is -2.36. The zero-order chi connectivity index (χ0) is 13.4. The molecule has 0 saturated carbocycles. The van der Waals surface area contributed by atoms with Crippen molar-refractivity contribution in [3.8, 4) is 0 Å². The monoisotopic (exact) mass is 264 g/mol. The Balaban J connectivity index is 1.79. The number of rotatable bonds is 2. The average molecular weight is 264 g/mol. The van der Waals surface area contributed by atoms with Crippen molar-refractivity contribution >= 4 is 16.9 Å². The van der Waals surface area contributed by atoms with Crippen molar-refractivity contribution in [2.45, 2.75) is 18.9 Å². The Morgan fingerprint density at radius 2 is 2.00 bits per heavy atom. The Labute approximate surface area is 117 Å². The van der Waals surface area contributed by atoms with Crippen molar-refractivity contribution in [1.82, 2.24) is 15.0 Å². The second-order valence-electron chi connectivity index (χ2n) is 5.20. The van der Waals surface area contributed by atoms with Crippen LogP contribution in [-0.2, 0) is 0 Å². The first kappa shape index (κ1) is 11.5. The number of nitrogens with one attached hydrogen (secondary N) is 1. The molecule has 0 aliphatic carbocycles. The number of anilines is 1. The number of benzene rings is 1. The summed E-state index contributed by atoms with van der Waals surface area (Å²) in [5.41, 5.74) is 2.28. The SMILES string of the molecule is c1ccc(C2CCCN2c2ncnc3[nH]ccc23)cc1. The first-order chi connectivity index (χ1) is 9.93. The summed E-state index contributed by atoms with van der Waals surface area (Å²) in [4.78, 5) is 14.4. The number of H-pyrrole nitrogens is 1. The molecule has 1 fully saturated rings. The van der Waals surface area contributed by atoms with Crippen LogP contribution < -0.4 is 4.90 Å². The molecule has 4 rings (SSSR count). The van der Waals surface area contributed by atoms with E-state index in [9.17, 15) is 0 Å². The smallest absolute Gasteiger partial charge is 0.142 e. The Morgan fingerprint density at radius 3 is 2.90 bits per heavy atom. The maximum Gasteiger partial charge on any atom is 0.142 e. The van der Waals surface area contributed by atoms with Crippen molar-refractivity contribution in [1.29, 1.82) is 0 Å². The lowest BCUT2D eigenvalue weighted by atomic mass is 10.0. The Morgan fingerprint density at radius 1 is 1.10 bits per heavy atom. The van der Waals surface area contributed by atoms with Gasteiger partial charge in [-0.15, -0.1) is 0 Å². The third-order valence-corrected chi connectivity index (χ3v) is 4.04. The predicted octanol–water partition coefficient (Wildman–Crippen LogP) is 3.30. The van der Waals surface area contributed by atoms with Crippen molar-refractivity contribution < 1.29 is 0 Å². The molecule has 1 saturated heterocycles. The number of fused-ring (bicyclic) bond motifs is 1. The molecule has 100 valence electrons. The van der Waals surface area contributed by atoms with Gasteiger partial charge >= 0.3 is 0 Å². The number of aromatic nitrogens is 3. The van der Waals surface area contributed by atoms with Gasteiger partial charge in [-0.2, -0.15) is 0 Å². The first-order valence-corrected chi connectivity index (χ1v) is 7.03. The van der Waals surface area contributed by atoms with E-state index in [1.807, 2.05) is 6.20 Å². The van der Waals surface area contributed by atoms with Gasteiger partial charge in [0.1, 0.15) is 17.8 Å². The topological polar surface area (TPSA) is 44.8 Å². The minimum atomic E-state index is 0.421. The molecule has 0 bridgehead atoms. The van der Waals surface area contributed by atoms with Crippen molar-refractivity contribution in [2.75, 3.05) is 11.4 Å². The number of hydrogen-bond donors (Lipinski definition) is 1. The summed E-state index contributed by atoms with van der Waals surface area (Å²) in [5, 5.41) is 1.11. The molecule has 0 amide bonds. The van der Waals surface area contributed by atoms with Gasteiger partial charge in [-0.3, -0.25) is 0 Å². The molecule has 3 aromatic rings. The Kier molecular flexibility index (Phi) is 2.66. The van der Waals surface area contributed by atoms with E-state index in [0.717, 1.165) is 23.4 Å². The molecule has 1 unspecified atom stereocenters. The molecule has 1 aromatic carbocycles. The summed E-state index contributed by atoms with van der Waals surface area (Å²) in [6, 6.07) is 13.2. The molecule has 1 aliphatic rings. The van der Waals surface area contributed by atoms with Gasteiger partial charge in [-0.05, 0) is 24.5 Å². The molecule has 1 atom stereocenters. The predicted molar refractivity (Wildman–Crippen MR) is 79.7 cm³/mol. The molecule has 1 N–H and O–H groups in total. The van der Waals surface area contributed by atoms with Gasteiger partial charge in [0.2, 0.25) is 0 Å². The maximum absolute atomic E-state index is 4.53. The van der Waals surface area contributed by atoms with E-state index in [1.54, 1.807) is 6.33 Å². The quantitative estimate of drug-likeness (QED) is 0.772. The highest BCUT2D eigenvalue weighted by Crippen LogP contribution is 2.37. The number of nitrogens with zero attached hydrogens (tertiary/aromatic N) is 3. The largest absolute Gasteiger partial charge is 0.349 e. The van der Waals surface area contributed by atoms with E-state index < -0.39 is 0 Å². The Bertz CT molecular complexity index is 719. The molecule has 3 heterocycles. The van der Waals surface area contributed by atoms with E-state index in [1.165, 1.54) is 18.4 Å². The van der Waals surface area contributed by atoms with Crippen LogP contribution in [0.15, 0.2) is 48.9 Å². The van der Waals surface area contributed by atoms with Crippen LogP contribution in [0.3, 0.4) is 0 Å². The highest BCUT2D eigenvalue weighted by atomic mass is 15.2. The summed E-state index contributed by atoms with van der Waals surface area (Å²) < 4.78 is 0. The highest BCUT2D eigenvalue weighted by molar-refractivity contribution is 5.87. The molecule has 0 radical (unpaired) electrons. The maximum atomic E-state index is 4.53. The minimum Gasteiger partial charge on any atom is -0.349 e. The van der Waals surface area contributed by atoms with Gasteiger partial charge in [0.25, 0.3) is 0 Å². The van der Waals surface area contributed by atoms with E-state index in [2.05, 4.69) is 56.3 Å². The van der Waals surface area contributed by atoms with E-state index >= 15 is 0 Å². The van der Waals surface area contributed by atoms with E-state index in [0.29, 0.717) is 6.04 Å². The first-order valence-electron chi connectivity index (χ1n) is 7.03. The van der Waals surface area contributed by atoms with Crippen molar-refractivity contribution in [3.05, 3.63) is 54.5 Å². The normalized spacial score (nSPS) is 18.8. The van der Waals surface area contributed by atoms with Crippen LogP contribution in [0.25, 0.3) is 11.0 Å². The van der Waals surface area contributed by atoms with Crippen LogP contribution >= 0.6 is 0 Å². The van der Waals surface area contributed by atoms with Crippen LogP contribution in [0.1, 0.15) is 24.4 Å². The van der Waals surface area contributed by atoms with E-state index in [4.69, 9.17) is 0 Å². The zero-order valence-corrected chi connectivity index (χ0v) is 11.2. The highest BCUT2D eigenvalue weighted by Gasteiger charge is 2.28. The molecule has 0 spiro atoms. The number of hydrogen-bond acceptors (Lipinski definition) is 3. The molecule has 20 heavy (non-hydrogen) atoms. The molecule has 4 nitrogen and oxygen atoms in total. The van der Waals surface area contributed by atoms with Gasteiger partial charge in [0, 0.05) is 12.7 Å². The molecular formula is C16H16N4. The minimum absolute atomic E-state index is 0.421. The molecule has 1 aliphatic heterocycles. The lowest BCUT2D eigenvalue weighted by Gasteiger charge is -2.26. The fraction of sp³-hybridized carbons (Fsp3) is 0.250. The van der Waals surface area contributed by atoms with Gasteiger partial charge in [0.15, 0.2) is 0 Å². The summed E-state index contributed by atoms with van der Waals surface area (Å²) in [5.74, 6) is 1.04. The van der Waals surface area contributed by atoms with Crippen LogP contribution in [0.2, 0.25) is 0 Å².